The summed E-state index contributed by atoms with van der Waals surface area (Å²) in [6.07, 6.45) is 4.33. The highest BCUT2D eigenvalue weighted by molar-refractivity contribution is 5.76. The molecular formula is C11H22N2O. The van der Waals surface area contributed by atoms with Gasteiger partial charge < -0.3 is 10.2 Å². The second-order valence-corrected chi connectivity index (χ2v) is 3.34. The van der Waals surface area contributed by atoms with E-state index in [1.165, 1.54) is 0 Å². The minimum atomic E-state index is 0.238. The average Bonchev–Trinajstić information content (AvgIpc) is 2.18. The van der Waals surface area contributed by atoms with Gasteiger partial charge in [0.2, 0.25) is 5.91 Å². The van der Waals surface area contributed by atoms with E-state index in [-0.39, 0.29) is 5.91 Å². The minimum Gasteiger partial charge on any atom is -0.339 e. The summed E-state index contributed by atoms with van der Waals surface area (Å²) in [5, 5.41) is 3.04. The first-order chi connectivity index (χ1) is 6.76. The molecule has 0 atom stereocenters. The molecule has 0 fully saturated rings. The van der Waals surface area contributed by atoms with Gasteiger partial charge in [0.1, 0.15) is 0 Å². The maximum atomic E-state index is 11.6. The third-order valence-corrected chi connectivity index (χ3v) is 2.01. The van der Waals surface area contributed by atoms with Gasteiger partial charge >= 0.3 is 0 Å². The topological polar surface area (TPSA) is 32.3 Å². The van der Waals surface area contributed by atoms with E-state index >= 15 is 0 Å². The number of amides is 1. The Balaban J connectivity index is 3.81. The Morgan fingerprint density at radius 1 is 1.57 bits per heavy atom. The van der Waals surface area contributed by atoms with Gasteiger partial charge in [0, 0.05) is 19.5 Å². The van der Waals surface area contributed by atoms with Crippen molar-refractivity contribution >= 4 is 5.91 Å². The van der Waals surface area contributed by atoms with Gasteiger partial charge in [-0.05, 0) is 26.4 Å². The molecule has 14 heavy (non-hydrogen) atoms. The van der Waals surface area contributed by atoms with Crippen molar-refractivity contribution in [3.05, 3.63) is 12.7 Å². The predicted molar refractivity (Wildman–Crippen MR) is 60.2 cm³/mol. The zero-order valence-corrected chi connectivity index (χ0v) is 9.38. The Labute approximate surface area is 87.2 Å². The highest BCUT2D eigenvalue weighted by Crippen LogP contribution is 1.99. The fourth-order valence-corrected chi connectivity index (χ4v) is 1.32. The van der Waals surface area contributed by atoms with E-state index in [0.717, 1.165) is 25.9 Å². The maximum absolute atomic E-state index is 11.6. The van der Waals surface area contributed by atoms with Crippen LogP contribution >= 0.6 is 0 Å². The van der Waals surface area contributed by atoms with Crippen LogP contribution in [0.3, 0.4) is 0 Å². The molecule has 0 aromatic carbocycles. The molecule has 0 aliphatic heterocycles. The highest BCUT2D eigenvalue weighted by atomic mass is 16.2. The summed E-state index contributed by atoms with van der Waals surface area (Å²) in [4.78, 5) is 13.5. The van der Waals surface area contributed by atoms with Gasteiger partial charge in [0.05, 0.1) is 0 Å². The lowest BCUT2D eigenvalue weighted by Gasteiger charge is -2.20. The number of rotatable bonds is 8. The Bertz CT molecular complexity index is 169. The highest BCUT2D eigenvalue weighted by Gasteiger charge is 2.09. The first-order valence-electron chi connectivity index (χ1n) is 5.29. The number of nitrogens with one attached hydrogen (secondary N) is 1. The number of carbonyl (C=O) groups excluding carboxylic acids is 1. The Morgan fingerprint density at radius 3 is 2.79 bits per heavy atom. The molecular weight excluding hydrogens is 176 g/mol. The molecule has 3 heteroatoms. The standard InChI is InChI=1S/C11H22N2O/c1-4-9-13(10-5-2)11(14)7-6-8-12-3/h4,12H,1,5-10H2,2-3H3. The van der Waals surface area contributed by atoms with E-state index in [4.69, 9.17) is 0 Å². The summed E-state index contributed by atoms with van der Waals surface area (Å²) in [5.41, 5.74) is 0. The van der Waals surface area contributed by atoms with Crippen molar-refractivity contribution in [2.75, 3.05) is 26.7 Å². The summed E-state index contributed by atoms with van der Waals surface area (Å²) in [5.74, 6) is 0.238. The van der Waals surface area contributed by atoms with Crippen LogP contribution in [0.25, 0.3) is 0 Å². The summed E-state index contributed by atoms with van der Waals surface area (Å²) in [7, 11) is 1.90. The number of nitrogens with zero attached hydrogens (tertiary/aromatic N) is 1. The molecule has 0 aromatic rings. The SMILES string of the molecule is C=CCN(CCC)C(=O)CCCNC. The first kappa shape index (κ1) is 13.2. The smallest absolute Gasteiger partial charge is 0.222 e. The van der Waals surface area contributed by atoms with Crippen molar-refractivity contribution in [3.63, 3.8) is 0 Å². The van der Waals surface area contributed by atoms with Gasteiger partial charge in [-0.25, -0.2) is 0 Å². The Kier molecular flexibility index (Phi) is 8.24. The normalized spacial score (nSPS) is 9.86. The molecule has 0 spiro atoms. The molecule has 0 aliphatic rings. The fourth-order valence-electron chi connectivity index (χ4n) is 1.32. The lowest BCUT2D eigenvalue weighted by Crippen LogP contribution is -2.32. The van der Waals surface area contributed by atoms with Gasteiger partial charge in [0.25, 0.3) is 0 Å². The quantitative estimate of drug-likeness (QED) is 0.472. The lowest BCUT2D eigenvalue weighted by molar-refractivity contribution is -0.130. The molecule has 0 saturated heterocycles. The molecule has 82 valence electrons. The van der Waals surface area contributed by atoms with Crippen LogP contribution in [0, 0.1) is 0 Å². The zero-order valence-electron chi connectivity index (χ0n) is 9.38. The molecule has 0 aromatic heterocycles. The van der Waals surface area contributed by atoms with E-state index in [1.54, 1.807) is 6.08 Å². The van der Waals surface area contributed by atoms with Gasteiger partial charge in [-0.3, -0.25) is 4.79 Å². The summed E-state index contributed by atoms with van der Waals surface area (Å²) >= 11 is 0. The Hall–Kier alpha value is -0.830. The van der Waals surface area contributed by atoms with Crippen molar-refractivity contribution in [1.82, 2.24) is 10.2 Å². The summed E-state index contributed by atoms with van der Waals surface area (Å²) in [6.45, 7) is 8.15. The average molecular weight is 198 g/mol. The molecule has 0 heterocycles. The van der Waals surface area contributed by atoms with Gasteiger partial charge in [-0.1, -0.05) is 13.0 Å². The van der Waals surface area contributed by atoms with Crippen LogP contribution in [-0.2, 0) is 4.79 Å². The molecule has 0 unspecified atom stereocenters. The maximum Gasteiger partial charge on any atom is 0.222 e. The van der Waals surface area contributed by atoms with E-state index in [2.05, 4.69) is 18.8 Å². The molecule has 1 amide bonds. The second-order valence-electron chi connectivity index (χ2n) is 3.34. The minimum absolute atomic E-state index is 0.238. The number of hydrogen-bond donors (Lipinski definition) is 1. The third kappa shape index (κ3) is 5.75. The van der Waals surface area contributed by atoms with Crippen LogP contribution in [0.5, 0.6) is 0 Å². The van der Waals surface area contributed by atoms with E-state index in [9.17, 15) is 4.79 Å². The van der Waals surface area contributed by atoms with Crippen LogP contribution in [-0.4, -0.2) is 37.5 Å². The van der Waals surface area contributed by atoms with Crippen molar-refractivity contribution in [3.8, 4) is 0 Å². The van der Waals surface area contributed by atoms with Crippen molar-refractivity contribution in [2.45, 2.75) is 26.2 Å². The van der Waals surface area contributed by atoms with Crippen molar-refractivity contribution in [2.24, 2.45) is 0 Å². The van der Waals surface area contributed by atoms with Gasteiger partial charge in [-0.15, -0.1) is 6.58 Å². The Morgan fingerprint density at radius 2 is 2.29 bits per heavy atom. The van der Waals surface area contributed by atoms with Crippen molar-refractivity contribution < 1.29 is 4.79 Å². The number of carbonyl (C=O) groups is 1. The second kappa shape index (κ2) is 8.75. The van der Waals surface area contributed by atoms with Crippen molar-refractivity contribution in [1.29, 1.82) is 0 Å². The van der Waals surface area contributed by atoms with Gasteiger partial charge in [0.15, 0.2) is 0 Å². The van der Waals surface area contributed by atoms with Crippen LogP contribution < -0.4 is 5.32 Å². The summed E-state index contributed by atoms with van der Waals surface area (Å²) in [6, 6.07) is 0. The molecule has 0 saturated carbocycles. The van der Waals surface area contributed by atoms with E-state index in [0.29, 0.717) is 13.0 Å². The van der Waals surface area contributed by atoms with E-state index in [1.807, 2.05) is 11.9 Å². The summed E-state index contributed by atoms with van der Waals surface area (Å²) < 4.78 is 0. The number of hydrogen-bond acceptors (Lipinski definition) is 2. The molecule has 1 N–H and O–H groups in total. The molecule has 3 nitrogen and oxygen atoms in total. The molecule has 0 rings (SSSR count). The first-order valence-corrected chi connectivity index (χ1v) is 5.29. The molecule has 0 bridgehead atoms. The monoisotopic (exact) mass is 198 g/mol. The largest absolute Gasteiger partial charge is 0.339 e. The molecule has 0 aliphatic carbocycles. The van der Waals surface area contributed by atoms with E-state index < -0.39 is 0 Å². The van der Waals surface area contributed by atoms with Crippen LogP contribution in [0.4, 0.5) is 0 Å². The van der Waals surface area contributed by atoms with Crippen LogP contribution in [0.1, 0.15) is 26.2 Å². The lowest BCUT2D eigenvalue weighted by atomic mass is 10.2. The fraction of sp³-hybridized carbons (Fsp3) is 0.727. The van der Waals surface area contributed by atoms with Gasteiger partial charge in [-0.2, -0.15) is 0 Å². The van der Waals surface area contributed by atoms with Crippen LogP contribution in [0.15, 0.2) is 12.7 Å². The predicted octanol–water partition coefficient (Wildman–Crippen LogP) is 1.41. The molecule has 0 radical (unpaired) electrons. The third-order valence-electron chi connectivity index (χ3n) is 2.01. The zero-order chi connectivity index (χ0) is 10.8. The van der Waals surface area contributed by atoms with Crippen LogP contribution in [0.2, 0.25) is 0 Å².